The zero-order chi connectivity index (χ0) is 12.3. The van der Waals surface area contributed by atoms with E-state index in [2.05, 4.69) is 59.4 Å². The van der Waals surface area contributed by atoms with E-state index in [-0.39, 0.29) is 0 Å². The van der Waals surface area contributed by atoms with Crippen LogP contribution in [0.25, 0.3) is 0 Å². The largest absolute Gasteiger partial charge is 0.307 e. The molecule has 0 aliphatic heterocycles. The van der Waals surface area contributed by atoms with Crippen molar-refractivity contribution in [1.82, 2.24) is 5.32 Å². The predicted molar refractivity (Wildman–Crippen MR) is 77.2 cm³/mol. The quantitative estimate of drug-likeness (QED) is 0.805. The number of likely N-dealkylation sites (N-methyl/N-ethyl adjacent to an activating group) is 1. The molecule has 0 amide bonds. The highest BCUT2D eigenvalue weighted by atomic mass is 79.9. The van der Waals surface area contributed by atoms with E-state index in [1.165, 1.54) is 34.9 Å². The Balaban J connectivity index is 2.31. The summed E-state index contributed by atoms with van der Waals surface area (Å²) in [5.74, 6) is 0. The second-order valence-corrected chi connectivity index (χ2v) is 5.54. The minimum absolute atomic E-state index is 0.387. The fourth-order valence-corrected chi connectivity index (χ4v) is 3.19. The van der Waals surface area contributed by atoms with Crippen molar-refractivity contribution in [3.63, 3.8) is 0 Å². The Bertz CT molecular complexity index is 423. The number of hydrogen-bond donors (Lipinski definition) is 1. The van der Waals surface area contributed by atoms with Gasteiger partial charge in [0.1, 0.15) is 0 Å². The molecule has 0 heterocycles. The van der Waals surface area contributed by atoms with E-state index in [9.17, 15) is 0 Å². The van der Waals surface area contributed by atoms with Crippen LogP contribution in [-0.4, -0.2) is 6.54 Å². The van der Waals surface area contributed by atoms with Gasteiger partial charge in [-0.1, -0.05) is 46.6 Å². The molecule has 1 aliphatic carbocycles. The van der Waals surface area contributed by atoms with Gasteiger partial charge in [0.05, 0.1) is 6.04 Å². The Morgan fingerprint density at radius 3 is 2.82 bits per heavy atom. The fourth-order valence-electron chi connectivity index (χ4n) is 2.47. The first-order valence-electron chi connectivity index (χ1n) is 6.40. The van der Waals surface area contributed by atoms with Crippen molar-refractivity contribution in [3.05, 3.63) is 45.4 Å². The summed E-state index contributed by atoms with van der Waals surface area (Å²) in [4.78, 5) is 0. The zero-order valence-corrected chi connectivity index (χ0v) is 12.2. The van der Waals surface area contributed by atoms with Crippen LogP contribution in [0.3, 0.4) is 0 Å². The molecule has 2 heteroatoms. The van der Waals surface area contributed by atoms with Crippen LogP contribution in [0.5, 0.6) is 0 Å². The lowest BCUT2D eigenvalue weighted by molar-refractivity contribution is 0.603. The van der Waals surface area contributed by atoms with E-state index in [0.29, 0.717) is 6.04 Å². The molecule has 1 atom stereocenters. The summed E-state index contributed by atoms with van der Waals surface area (Å²) >= 11 is 3.70. The SMILES string of the molecule is CCNC(C1=CCCC1)c1ccc(C)cc1Br. The second-order valence-electron chi connectivity index (χ2n) is 4.69. The Morgan fingerprint density at radius 1 is 1.41 bits per heavy atom. The molecule has 0 bridgehead atoms. The molecular weight excluding hydrogens is 274 g/mol. The third-order valence-electron chi connectivity index (χ3n) is 3.32. The average Bonchev–Trinajstić information content (AvgIpc) is 2.80. The summed E-state index contributed by atoms with van der Waals surface area (Å²) in [6.07, 6.45) is 6.18. The highest BCUT2D eigenvalue weighted by Gasteiger charge is 2.19. The first kappa shape index (κ1) is 12.8. The summed E-state index contributed by atoms with van der Waals surface area (Å²) in [5.41, 5.74) is 4.22. The second kappa shape index (κ2) is 5.83. The van der Waals surface area contributed by atoms with Crippen molar-refractivity contribution in [2.24, 2.45) is 0 Å². The zero-order valence-electron chi connectivity index (χ0n) is 10.6. The summed E-state index contributed by atoms with van der Waals surface area (Å²) in [6, 6.07) is 7.03. The van der Waals surface area contributed by atoms with Gasteiger partial charge in [-0.25, -0.2) is 0 Å². The van der Waals surface area contributed by atoms with Gasteiger partial charge in [0.2, 0.25) is 0 Å². The standard InChI is InChI=1S/C15H20BrN/c1-3-17-15(12-6-4-5-7-12)13-9-8-11(2)10-14(13)16/h6,8-10,15,17H,3-5,7H2,1-2H3. The van der Waals surface area contributed by atoms with Crippen LogP contribution in [0.1, 0.15) is 43.4 Å². The van der Waals surface area contributed by atoms with Crippen LogP contribution < -0.4 is 5.32 Å². The van der Waals surface area contributed by atoms with E-state index >= 15 is 0 Å². The van der Waals surface area contributed by atoms with Crippen molar-refractivity contribution >= 4 is 15.9 Å². The van der Waals surface area contributed by atoms with Gasteiger partial charge >= 0.3 is 0 Å². The molecule has 0 saturated heterocycles. The number of aryl methyl sites for hydroxylation is 1. The van der Waals surface area contributed by atoms with Crippen LogP contribution >= 0.6 is 15.9 Å². The maximum atomic E-state index is 3.70. The molecule has 1 aromatic rings. The minimum Gasteiger partial charge on any atom is -0.307 e. The molecule has 0 radical (unpaired) electrons. The number of halogens is 1. The van der Waals surface area contributed by atoms with E-state index in [4.69, 9.17) is 0 Å². The van der Waals surface area contributed by atoms with Crippen LogP contribution in [0.4, 0.5) is 0 Å². The molecule has 1 aliphatic rings. The van der Waals surface area contributed by atoms with Gasteiger partial charge in [-0.05, 0) is 49.9 Å². The Morgan fingerprint density at radius 2 is 2.24 bits per heavy atom. The maximum absolute atomic E-state index is 3.70. The number of hydrogen-bond acceptors (Lipinski definition) is 1. The van der Waals surface area contributed by atoms with Gasteiger partial charge in [-0.15, -0.1) is 0 Å². The third kappa shape index (κ3) is 2.99. The van der Waals surface area contributed by atoms with Crippen molar-refractivity contribution in [2.45, 2.75) is 39.2 Å². The highest BCUT2D eigenvalue weighted by molar-refractivity contribution is 9.10. The number of benzene rings is 1. The van der Waals surface area contributed by atoms with E-state index < -0.39 is 0 Å². The fraction of sp³-hybridized carbons (Fsp3) is 0.467. The molecular formula is C15H20BrN. The molecule has 1 aromatic carbocycles. The minimum atomic E-state index is 0.387. The smallest absolute Gasteiger partial charge is 0.0547 e. The molecule has 1 nitrogen and oxygen atoms in total. The van der Waals surface area contributed by atoms with Gasteiger partial charge in [0.25, 0.3) is 0 Å². The van der Waals surface area contributed by atoms with E-state index in [0.717, 1.165) is 6.54 Å². The van der Waals surface area contributed by atoms with E-state index in [1.807, 2.05) is 0 Å². The highest BCUT2D eigenvalue weighted by Crippen LogP contribution is 2.34. The Labute approximate surface area is 112 Å². The molecule has 1 unspecified atom stereocenters. The molecule has 1 N–H and O–H groups in total. The number of rotatable bonds is 4. The molecule has 2 rings (SSSR count). The molecule has 17 heavy (non-hydrogen) atoms. The first-order chi connectivity index (χ1) is 8.22. The Hall–Kier alpha value is -0.600. The van der Waals surface area contributed by atoms with Crippen molar-refractivity contribution in [3.8, 4) is 0 Å². The molecule has 92 valence electrons. The lowest BCUT2D eigenvalue weighted by Gasteiger charge is -2.21. The molecule has 0 spiro atoms. The van der Waals surface area contributed by atoms with Crippen molar-refractivity contribution in [1.29, 1.82) is 0 Å². The van der Waals surface area contributed by atoms with Crippen LogP contribution in [0.2, 0.25) is 0 Å². The normalized spacial score (nSPS) is 17.0. The van der Waals surface area contributed by atoms with Gasteiger partial charge in [-0.2, -0.15) is 0 Å². The molecule has 0 aromatic heterocycles. The predicted octanol–water partition coefficient (Wildman–Crippen LogP) is 4.52. The average molecular weight is 294 g/mol. The van der Waals surface area contributed by atoms with E-state index in [1.54, 1.807) is 5.57 Å². The van der Waals surface area contributed by atoms with Crippen LogP contribution in [0.15, 0.2) is 34.3 Å². The monoisotopic (exact) mass is 293 g/mol. The summed E-state index contributed by atoms with van der Waals surface area (Å²) in [7, 11) is 0. The third-order valence-corrected chi connectivity index (χ3v) is 4.01. The summed E-state index contributed by atoms with van der Waals surface area (Å²) in [6.45, 7) is 5.30. The molecule has 0 fully saturated rings. The molecule has 0 saturated carbocycles. The lowest BCUT2D eigenvalue weighted by atomic mass is 9.97. The first-order valence-corrected chi connectivity index (χ1v) is 7.20. The summed E-state index contributed by atoms with van der Waals surface area (Å²) < 4.78 is 1.22. The van der Waals surface area contributed by atoms with Crippen molar-refractivity contribution < 1.29 is 0 Å². The number of nitrogens with one attached hydrogen (secondary N) is 1. The lowest BCUT2D eigenvalue weighted by Crippen LogP contribution is -2.22. The van der Waals surface area contributed by atoms with Crippen molar-refractivity contribution in [2.75, 3.05) is 6.54 Å². The van der Waals surface area contributed by atoms with Gasteiger partial charge in [0.15, 0.2) is 0 Å². The van der Waals surface area contributed by atoms with Gasteiger partial charge in [0, 0.05) is 4.47 Å². The van der Waals surface area contributed by atoms with Gasteiger partial charge in [-0.3, -0.25) is 0 Å². The summed E-state index contributed by atoms with van der Waals surface area (Å²) in [5, 5.41) is 3.60. The van der Waals surface area contributed by atoms with Crippen LogP contribution in [-0.2, 0) is 0 Å². The van der Waals surface area contributed by atoms with Crippen LogP contribution in [0, 0.1) is 6.92 Å². The number of allylic oxidation sites excluding steroid dienone is 1. The topological polar surface area (TPSA) is 12.0 Å². The Kier molecular flexibility index (Phi) is 4.41. The maximum Gasteiger partial charge on any atom is 0.0547 e. The van der Waals surface area contributed by atoms with Gasteiger partial charge < -0.3 is 5.32 Å².